The molecular formula is C19H19NO2S. The van der Waals surface area contributed by atoms with Crippen molar-refractivity contribution in [2.24, 2.45) is 0 Å². The first kappa shape index (κ1) is 14.7. The SMILES string of the molecule is O=C(O)c1cc2c(s1)CCc1ccccc1C2=C1CCNCC1. The van der Waals surface area contributed by atoms with Crippen molar-refractivity contribution in [2.75, 3.05) is 13.1 Å². The number of aryl methyl sites for hydroxylation is 2. The maximum absolute atomic E-state index is 11.4. The Balaban J connectivity index is 1.96. The Morgan fingerprint density at radius 2 is 1.83 bits per heavy atom. The maximum atomic E-state index is 11.4. The molecule has 2 heterocycles. The highest BCUT2D eigenvalue weighted by molar-refractivity contribution is 7.14. The standard InChI is InChI=1S/C19H19NO2S/c21-19(22)17-11-15-16(23-17)6-5-12-3-1-2-4-14(12)18(15)13-7-9-20-10-8-13/h1-4,11,20H,5-10H2,(H,21,22). The van der Waals surface area contributed by atoms with Gasteiger partial charge in [0.1, 0.15) is 4.88 Å². The van der Waals surface area contributed by atoms with E-state index in [0.29, 0.717) is 4.88 Å². The molecule has 0 spiro atoms. The quantitative estimate of drug-likeness (QED) is 0.840. The first-order valence-electron chi connectivity index (χ1n) is 8.11. The van der Waals surface area contributed by atoms with E-state index in [0.717, 1.165) is 44.3 Å². The Kier molecular flexibility index (Phi) is 3.79. The van der Waals surface area contributed by atoms with E-state index in [2.05, 4.69) is 29.6 Å². The lowest BCUT2D eigenvalue weighted by molar-refractivity contribution is 0.0702. The fourth-order valence-electron chi connectivity index (χ4n) is 3.67. The third kappa shape index (κ3) is 2.62. The molecule has 2 aliphatic rings. The Morgan fingerprint density at radius 1 is 1.04 bits per heavy atom. The van der Waals surface area contributed by atoms with Crippen LogP contribution in [0.5, 0.6) is 0 Å². The molecule has 2 N–H and O–H groups in total. The molecule has 0 unspecified atom stereocenters. The van der Waals surface area contributed by atoms with Gasteiger partial charge in [-0.2, -0.15) is 0 Å². The number of piperidine rings is 1. The lowest BCUT2D eigenvalue weighted by Crippen LogP contribution is -2.24. The number of hydrogen-bond donors (Lipinski definition) is 2. The van der Waals surface area contributed by atoms with Gasteiger partial charge in [-0.3, -0.25) is 0 Å². The molecule has 0 atom stereocenters. The largest absolute Gasteiger partial charge is 0.477 e. The highest BCUT2D eigenvalue weighted by Crippen LogP contribution is 2.41. The molecule has 0 radical (unpaired) electrons. The predicted molar refractivity (Wildman–Crippen MR) is 93.3 cm³/mol. The molecule has 1 aromatic heterocycles. The summed E-state index contributed by atoms with van der Waals surface area (Å²) in [5.74, 6) is -0.814. The van der Waals surface area contributed by atoms with Crippen LogP contribution >= 0.6 is 11.3 Å². The minimum absolute atomic E-state index is 0.460. The molecule has 1 saturated heterocycles. The summed E-state index contributed by atoms with van der Waals surface area (Å²) in [6.45, 7) is 2.01. The second-order valence-corrected chi connectivity index (χ2v) is 7.28. The minimum Gasteiger partial charge on any atom is -0.477 e. The van der Waals surface area contributed by atoms with Crippen LogP contribution in [0.4, 0.5) is 0 Å². The number of nitrogens with one attached hydrogen (secondary N) is 1. The fraction of sp³-hybridized carbons (Fsp3) is 0.316. The van der Waals surface area contributed by atoms with Gasteiger partial charge < -0.3 is 10.4 Å². The summed E-state index contributed by atoms with van der Waals surface area (Å²) in [7, 11) is 0. The number of rotatable bonds is 1. The Morgan fingerprint density at radius 3 is 2.61 bits per heavy atom. The average Bonchev–Trinajstić information content (AvgIpc) is 2.93. The first-order valence-corrected chi connectivity index (χ1v) is 8.93. The monoisotopic (exact) mass is 325 g/mol. The van der Waals surface area contributed by atoms with Crippen LogP contribution in [0.3, 0.4) is 0 Å². The molecule has 23 heavy (non-hydrogen) atoms. The molecule has 3 nitrogen and oxygen atoms in total. The molecule has 1 aromatic carbocycles. The van der Waals surface area contributed by atoms with Crippen molar-refractivity contribution >= 4 is 22.9 Å². The molecule has 1 aliphatic heterocycles. The highest BCUT2D eigenvalue weighted by atomic mass is 32.1. The highest BCUT2D eigenvalue weighted by Gasteiger charge is 2.25. The average molecular weight is 325 g/mol. The molecule has 0 bridgehead atoms. The summed E-state index contributed by atoms with van der Waals surface area (Å²) in [6.07, 6.45) is 4.00. The van der Waals surface area contributed by atoms with Crippen molar-refractivity contribution in [2.45, 2.75) is 25.7 Å². The molecule has 4 rings (SSSR count). The zero-order valence-electron chi connectivity index (χ0n) is 12.9. The van der Waals surface area contributed by atoms with Crippen molar-refractivity contribution in [3.05, 3.63) is 62.3 Å². The zero-order valence-corrected chi connectivity index (χ0v) is 13.7. The number of fused-ring (bicyclic) bond motifs is 2. The number of carboxylic acid groups (broad SMARTS) is 1. The lowest BCUT2D eigenvalue weighted by atomic mass is 9.88. The van der Waals surface area contributed by atoms with Crippen LogP contribution in [-0.2, 0) is 12.8 Å². The van der Waals surface area contributed by atoms with E-state index in [1.54, 1.807) is 0 Å². The van der Waals surface area contributed by atoms with Gasteiger partial charge in [0.15, 0.2) is 0 Å². The van der Waals surface area contributed by atoms with Crippen molar-refractivity contribution in [3.8, 4) is 0 Å². The van der Waals surface area contributed by atoms with Gasteiger partial charge in [-0.05, 0) is 67.1 Å². The summed E-state index contributed by atoms with van der Waals surface area (Å²) in [6, 6.07) is 10.5. The molecule has 118 valence electrons. The minimum atomic E-state index is -0.814. The summed E-state index contributed by atoms with van der Waals surface area (Å²) >= 11 is 1.45. The normalized spacial score (nSPS) is 17.4. The van der Waals surface area contributed by atoms with Crippen LogP contribution in [0, 0.1) is 0 Å². The van der Waals surface area contributed by atoms with Gasteiger partial charge in [0.2, 0.25) is 0 Å². The molecule has 0 amide bonds. The molecule has 4 heteroatoms. The summed E-state index contributed by atoms with van der Waals surface area (Å²) in [5.41, 5.74) is 6.62. The molecular weight excluding hydrogens is 306 g/mol. The second kappa shape index (κ2) is 5.95. The number of carbonyl (C=O) groups is 1. The van der Waals surface area contributed by atoms with E-state index in [9.17, 15) is 9.90 Å². The van der Waals surface area contributed by atoms with Gasteiger partial charge in [-0.1, -0.05) is 29.8 Å². The zero-order chi connectivity index (χ0) is 15.8. The Hall–Kier alpha value is -1.91. The summed E-state index contributed by atoms with van der Waals surface area (Å²) in [5, 5.41) is 12.8. The van der Waals surface area contributed by atoms with Gasteiger partial charge in [0, 0.05) is 4.88 Å². The van der Waals surface area contributed by atoms with Crippen molar-refractivity contribution < 1.29 is 9.90 Å². The lowest BCUT2D eigenvalue weighted by Gasteiger charge is -2.21. The van der Waals surface area contributed by atoms with E-state index in [4.69, 9.17) is 0 Å². The van der Waals surface area contributed by atoms with Crippen LogP contribution in [0.1, 0.15) is 44.1 Å². The number of aromatic carboxylic acids is 1. The van der Waals surface area contributed by atoms with Crippen LogP contribution in [-0.4, -0.2) is 24.2 Å². The van der Waals surface area contributed by atoms with Crippen molar-refractivity contribution in [3.63, 3.8) is 0 Å². The van der Waals surface area contributed by atoms with Crippen molar-refractivity contribution in [1.29, 1.82) is 0 Å². The predicted octanol–water partition coefficient (Wildman–Crippen LogP) is 3.73. The van der Waals surface area contributed by atoms with Gasteiger partial charge in [0.05, 0.1) is 0 Å². The number of hydrogen-bond acceptors (Lipinski definition) is 3. The topological polar surface area (TPSA) is 49.3 Å². The number of carboxylic acids is 1. The van der Waals surface area contributed by atoms with E-state index in [1.807, 2.05) is 6.07 Å². The third-order valence-corrected chi connectivity index (χ3v) is 5.94. The molecule has 0 saturated carbocycles. The number of thiophene rings is 1. The molecule has 1 aliphatic carbocycles. The summed E-state index contributed by atoms with van der Waals surface area (Å²) < 4.78 is 0. The summed E-state index contributed by atoms with van der Waals surface area (Å²) in [4.78, 5) is 13.1. The molecule has 2 aromatic rings. The number of benzene rings is 1. The Bertz CT molecular complexity index is 795. The maximum Gasteiger partial charge on any atom is 0.345 e. The van der Waals surface area contributed by atoms with E-state index in [-0.39, 0.29) is 0 Å². The van der Waals surface area contributed by atoms with Gasteiger partial charge in [-0.25, -0.2) is 4.79 Å². The van der Waals surface area contributed by atoms with Crippen LogP contribution in [0.2, 0.25) is 0 Å². The van der Waals surface area contributed by atoms with Gasteiger partial charge in [0.25, 0.3) is 0 Å². The third-order valence-electron chi connectivity index (χ3n) is 4.76. The van der Waals surface area contributed by atoms with E-state index < -0.39 is 5.97 Å². The van der Waals surface area contributed by atoms with Crippen LogP contribution in [0.25, 0.3) is 5.57 Å². The van der Waals surface area contributed by atoms with Crippen LogP contribution in [0.15, 0.2) is 35.9 Å². The fourth-order valence-corrected chi connectivity index (χ4v) is 4.67. The van der Waals surface area contributed by atoms with Gasteiger partial charge in [-0.15, -0.1) is 11.3 Å². The molecule has 1 fully saturated rings. The Labute approximate surface area is 139 Å². The van der Waals surface area contributed by atoms with Crippen LogP contribution < -0.4 is 5.32 Å². The second-order valence-electron chi connectivity index (χ2n) is 6.14. The smallest absolute Gasteiger partial charge is 0.345 e. The van der Waals surface area contributed by atoms with Crippen molar-refractivity contribution in [1.82, 2.24) is 5.32 Å². The first-order chi connectivity index (χ1) is 11.2. The van der Waals surface area contributed by atoms with E-state index in [1.165, 1.54) is 38.5 Å². The van der Waals surface area contributed by atoms with Gasteiger partial charge >= 0.3 is 5.97 Å². The van der Waals surface area contributed by atoms with E-state index >= 15 is 0 Å².